The Labute approximate surface area is 137 Å². The molecule has 5 nitrogen and oxygen atoms in total. The van der Waals surface area contributed by atoms with Crippen LogP contribution in [0.4, 0.5) is 10.2 Å². The fourth-order valence-corrected chi connectivity index (χ4v) is 3.01. The van der Waals surface area contributed by atoms with Crippen molar-refractivity contribution in [2.45, 2.75) is 11.8 Å². The van der Waals surface area contributed by atoms with Crippen molar-refractivity contribution in [2.24, 2.45) is 4.99 Å². The van der Waals surface area contributed by atoms with Gasteiger partial charge in [0.05, 0.1) is 0 Å². The molecular formula is C16H15FN4OS. The summed E-state index contributed by atoms with van der Waals surface area (Å²) in [6.07, 6.45) is 1.66. The standard InChI is InChI=1S/C16H15FN4OS/c17-12-6-4-11(5-7-12)9-18-10-13-15(22)21-16(23-13)20-14-3-1-2-8-19-14/h1-8,13,18H,9-10H2,(H,19,20,21,22). The van der Waals surface area contributed by atoms with E-state index < -0.39 is 0 Å². The van der Waals surface area contributed by atoms with Crippen LogP contribution in [0, 0.1) is 5.82 Å². The van der Waals surface area contributed by atoms with E-state index in [1.165, 1.54) is 23.9 Å². The number of thioether (sulfide) groups is 1. The number of aromatic nitrogens is 1. The van der Waals surface area contributed by atoms with Crippen LogP contribution in [0.25, 0.3) is 0 Å². The van der Waals surface area contributed by atoms with Crippen LogP contribution in [0.1, 0.15) is 5.56 Å². The quantitative estimate of drug-likeness (QED) is 0.882. The highest BCUT2D eigenvalue weighted by molar-refractivity contribution is 8.15. The number of hydrogen-bond donors (Lipinski definition) is 2. The van der Waals surface area contributed by atoms with Crippen molar-refractivity contribution in [3.8, 4) is 0 Å². The molecule has 23 heavy (non-hydrogen) atoms. The van der Waals surface area contributed by atoms with Crippen molar-refractivity contribution < 1.29 is 9.18 Å². The molecule has 1 aromatic heterocycles. The maximum atomic E-state index is 12.8. The zero-order chi connectivity index (χ0) is 16.1. The van der Waals surface area contributed by atoms with Gasteiger partial charge < -0.3 is 10.6 Å². The summed E-state index contributed by atoms with van der Waals surface area (Å²) in [7, 11) is 0. The lowest BCUT2D eigenvalue weighted by molar-refractivity contribution is -0.118. The van der Waals surface area contributed by atoms with E-state index in [-0.39, 0.29) is 17.0 Å². The van der Waals surface area contributed by atoms with E-state index in [9.17, 15) is 9.18 Å². The fraction of sp³-hybridized carbons (Fsp3) is 0.188. The van der Waals surface area contributed by atoms with Crippen LogP contribution in [0.5, 0.6) is 0 Å². The molecule has 2 heterocycles. The Balaban J connectivity index is 1.52. The molecule has 1 atom stereocenters. The van der Waals surface area contributed by atoms with Crippen molar-refractivity contribution in [2.75, 3.05) is 6.54 Å². The second-order valence-electron chi connectivity index (χ2n) is 4.96. The first-order valence-electron chi connectivity index (χ1n) is 7.13. The molecule has 118 valence electrons. The lowest BCUT2D eigenvalue weighted by Crippen LogP contribution is -2.32. The van der Waals surface area contributed by atoms with Gasteiger partial charge in [0, 0.05) is 19.3 Å². The lowest BCUT2D eigenvalue weighted by Gasteiger charge is -2.07. The van der Waals surface area contributed by atoms with E-state index in [1.807, 2.05) is 12.1 Å². The van der Waals surface area contributed by atoms with Crippen molar-refractivity contribution >= 4 is 28.7 Å². The van der Waals surface area contributed by atoms with Gasteiger partial charge in [-0.3, -0.25) is 4.79 Å². The first kappa shape index (κ1) is 15.6. The number of aliphatic imine (C=N–C) groups is 1. The minimum absolute atomic E-state index is 0.0729. The predicted molar refractivity (Wildman–Crippen MR) is 89.0 cm³/mol. The van der Waals surface area contributed by atoms with Crippen LogP contribution in [-0.2, 0) is 11.3 Å². The number of amides is 1. The van der Waals surface area contributed by atoms with Crippen molar-refractivity contribution in [1.29, 1.82) is 0 Å². The number of carbonyl (C=O) groups is 1. The molecule has 1 aliphatic heterocycles. The van der Waals surface area contributed by atoms with E-state index in [2.05, 4.69) is 20.6 Å². The molecule has 0 aliphatic carbocycles. The monoisotopic (exact) mass is 330 g/mol. The summed E-state index contributed by atoms with van der Waals surface area (Å²) in [6, 6.07) is 11.7. The van der Waals surface area contributed by atoms with Crippen molar-refractivity contribution in [1.82, 2.24) is 15.6 Å². The van der Waals surface area contributed by atoms with Crippen LogP contribution in [0.15, 0.2) is 53.7 Å². The second-order valence-corrected chi connectivity index (χ2v) is 6.15. The van der Waals surface area contributed by atoms with Gasteiger partial charge in [-0.1, -0.05) is 30.0 Å². The van der Waals surface area contributed by atoms with Gasteiger partial charge >= 0.3 is 0 Å². The van der Waals surface area contributed by atoms with Gasteiger partial charge in [-0.05, 0) is 29.8 Å². The first-order valence-corrected chi connectivity index (χ1v) is 8.01. The highest BCUT2D eigenvalue weighted by Gasteiger charge is 2.29. The highest BCUT2D eigenvalue weighted by Crippen LogP contribution is 2.21. The second kappa shape index (κ2) is 7.34. The Hall–Kier alpha value is -2.25. The van der Waals surface area contributed by atoms with Crippen molar-refractivity contribution in [3.05, 3.63) is 60.0 Å². The van der Waals surface area contributed by atoms with Gasteiger partial charge in [-0.2, -0.15) is 0 Å². The molecule has 1 fully saturated rings. The van der Waals surface area contributed by atoms with E-state index >= 15 is 0 Å². The number of pyridine rings is 1. The Bertz CT molecular complexity index is 706. The Morgan fingerprint density at radius 3 is 2.83 bits per heavy atom. The average molecular weight is 330 g/mol. The van der Waals surface area contributed by atoms with E-state index in [4.69, 9.17) is 0 Å². The molecule has 2 N–H and O–H groups in total. The molecule has 1 aliphatic rings. The van der Waals surface area contributed by atoms with Gasteiger partial charge in [0.15, 0.2) is 11.0 Å². The van der Waals surface area contributed by atoms with Gasteiger partial charge in [0.2, 0.25) is 5.91 Å². The third-order valence-electron chi connectivity index (χ3n) is 3.21. The normalized spacial score (nSPS) is 19.1. The summed E-state index contributed by atoms with van der Waals surface area (Å²) in [4.78, 5) is 20.3. The molecule has 2 aromatic rings. The molecule has 1 saturated heterocycles. The molecule has 0 bridgehead atoms. The Kier molecular flexibility index (Phi) is 4.99. The zero-order valence-corrected chi connectivity index (χ0v) is 13.0. The minimum atomic E-state index is -0.255. The largest absolute Gasteiger partial charge is 0.311 e. The maximum absolute atomic E-state index is 12.8. The summed E-state index contributed by atoms with van der Waals surface area (Å²) in [5.41, 5.74) is 0.970. The van der Waals surface area contributed by atoms with Gasteiger partial charge in [0.1, 0.15) is 11.1 Å². The third-order valence-corrected chi connectivity index (χ3v) is 4.30. The molecule has 0 radical (unpaired) electrons. The molecule has 0 spiro atoms. The lowest BCUT2D eigenvalue weighted by atomic mass is 10.2. The predicted octanol–water partition coefficient (Wildman–Crippen LogP) is 2.23. The smallest absolute Gasteiger partial charge is 0.240 e. The Morgan fingerprint density at radius 1 is 1.26 bits per heavy atom. The number of rotatable bonds is 5. The summed E-state index contributed by atoms with van der Waals surface area (Å²) in [5, 5.41) is 6.28. The number of carbonyl (C=O) groups excluding carboxylic acids is 1. The van der Waals surface area contributed by atoms with Crippen LogP contribution in [-0.4, -0.2) is 27.9 Å². The molecule has 0 saturated carbocycles. The van der Waals surface area contributed by atoms with Crippen LogP contribution < -0.4 is 10.6 Å². The number of amidine groups is 1. The molecule has 3 rings (SSSR count). The zero-order valence-electron chi connectivity index (χ0n) is 12.2. The number of halogens is 1. The molecule has 1 aromatic carbocycles. The summed E-state index contributed by atoms with van der Waals surface area (Å²) in [5.74, 6) is 0.237. The number of nitrogens with one attached hydrogen (secondary N) is 2. The first-order chi connectivity index (χ1) is 11.2. The molecule has 7 heteroatoms. The molecule has 1 unspecified atom stereocenters. The minimum Gasteiger partial charge on any atom is -0.311 e. The SMILES string of the molecule is O=C1N/C(=N\c2ccccn2)SC1CNCc1ccc(F)cc1. The number of hydrogen-bond acceptors (Lipinski definition) is 5. The third kappa shape index (κ3) is 4.37. The summed E-state index contributed by atoms with van der Waals surface area (Å²) in [6.45, 7) is 1.09. The van der Waals surface area contributed by atoms with Crippen LogP contribution in [0.3, 0.4) is 0 Å². The van der Waals surface area contributed by atoms with Crippen LogP contribution >= 0.6 is 11.8 Å². The topological polar surface area (TPSA) is 66.4 Å². The molecule has 1 amide bonds. The average Bonchev–Trinajstić information content (AvgIpc) is 2.90. The van der Waals surface area contributed by atoms with Gasteiger partial charge in [0.25, 0.3) is 0 Å². The van der Waals surface area contributed by atoms with Crippen LogP contribution in [0.2, 0.25) is 0 Å². The van der Waals surface area contributed by atoms with E-state index in [0.29, 0.717) is 24.1 Å². The van der Waals surface area contributed by atoms with Gasteiger partial charge in [-0.25, -0.2) is 14.4 Å². The summed E-state index contributed by atoms with van der Waals surface area (Å²) < 4.78 is 12.8. The molecular weight excluding hydrogens is 315 g/mol. The van der Waals surface area contributed by atoms with Gasteiger partial charge in [-0.15, -0.1) is 0 Å². The highest BCUT2D eigenvalue weighted by atomic mass is 32.2. The van der Waals surface area contributed by atoms with Crippen molar-refractivity contribution in [3.63, 3.8) is 0 Å². The Morgan fingerprint density at radius 2 is 2.09 bits per heavy atom. The van der Waals surface area contributed by atoms with E-state index in [1.54, 1.807) is 24.4 Å². The summed E-state index contributed by atoms with van der Waals surface area (Å²) >= 11 is 1.38. The van der Waals surface area contributed by atoms with E-state index in [0.717, 1.165) is 5.56 Å². The maximum Gasteiger partial charge on any atom is 0.240 e. The number of nitrogens with zero attached hydrogens (tertiary/aromatic N) is 2. The fourth-order valence-electron chi connectivity index (χ4n) is 2.07. The number of benzene rings is 1.